The third kappa shape index (κ3) is 11.5. The number of rotatable bonds is 13. The Morgan fingerprint density at radius 1 is 0.783 bits per heavy atom. The molecule has 0 saturated heterocycles. The van der Waals surface area contributed by atoms with Crippen molar-refractivity contribution >= 4 is 46.8 Å². The minimum atomic E-state index is -1.26. The fraction of sp³-hybridized carbons (Fsp3) is 0.343. The first-order chi connectivity index (χ1) is 22.0. The average molecular weight is 672 g/mol. The summed E-state index contributed by atoms with van der Waals surface area (Å²) in [6.45, 7) is 1.20. The van der Waals surface area contributed by atoms with Gasteiger partial charge in [0.1, 0.15) is 0 Å². The normalized spacial score (nSPS) is 17.6. The van der Waals surface area contributed by atoms with Crippen molar-refractivity contribution in [1.29, 1.82) is 0 Å². The summed E-state index contributed by atoms with van der Waals surface area (Å²) in [5.41, 5.74) is 8.84. The first-order valence-electron chi connectivity index (χ1n) is 15.1. The minimum Gasteiger partial charge on any atom is -0.481 e. The predicted octanol–water partition coefficient (Wildman–Crippen LogP) is 6.64. The molecule has 7 N–H and O–H groups in total. The lowest BCUT2D eigenvalue weighted by atomic mass is 9.72. The molecular weight excluding hydrogens is 631 g/mol. The third-order valence-corrected chi connectivity index (χ3v) is 8.84. The van der Waals surface area contributed by atoms with Gasteiger partial charge in [0.25, 0.3) is 0 Å². The van der Waals surface area contributed by atoms with Crippen LogP contribution in [-0.4, -0.2) is 51.4 Å². The van der Waals surface area contributed by atoms with Crippen LogP contribution in [0.5, 0.6) is 0 Å². The predicted molar refractivity (Wildman–Crippen MR) is 179 cm³/mol. The van der Waals surface area contributed by atoms with Crippen molar-refractivity contribution in [3.8, 4) is 0 Å². The second-order valence-electron chi connectivity index (χ2n) is 11.4. The summed E-state index contributed by atoms with van der Waals surface area (Å²) in [6.07, 6.45) is 5.16. The molecule has 4 rings (SSSR count). The highest BCUT2D eigenvalue weighted by atomic mass is 35.5. The molecule has 0 radical (unpaired) electrons. The first kappa shape index (κ1) is 36.6. The van der Waals surface area contributed by atoms with E-state index >= 15 is 0 Å². The maximum atomic E-state index is 12.6. The average Bonchev–Trinajstić information content (AvgIpc) is 3.04. The highest BCUT2D eigenvalue weighted by Crippen LogP contribution is 2.40. The Kier molecular flexibility index (Phi) is 14.6. The van der Waals surface area contributed by atoms with Gasteiger partial charge in [0.15, 0.2) is 0 Å². The van der Waals surface area contributed by atoms with E-state index in [-0.39, 0.29) is 5.92 Å². The zero-order valence-electron chi connectivity index (χ0n) is 25.3. The van der Waals surface area contributed by atoms with Crippen molar-refractivity contribution in [3.63, 3.8) is 0 Å². The van der Waals surface area contributed by atoms with E-state index in [1.807, 2.05) is 60.7 Å². The molecule has 0 bridgehead atoms. The Balaban J connectivity index is 0.000000637. The molecule has 1 aliphatic rings. The van der Waals surface area contributed by atoms with Gasteiger partial charge in [-0.25, -0.2) is 9.59 Å². The van der Waals surface area contributed by atoms with Gasteiger partial charge >= 0.3 is 17.9 Å². The standard InChI is InChI=1S/C31H36Cl2N2O3.C4H4O4/c32-26-16-24(17-27(33)30(26)34)28(36)19-35-18-21-13-11-20(12-14-21)15-25(31(37)38)29(22-7-3-1-4-8-22)23-9-5-2-6-10-23;5-3(6)1-2-4(7)8/h1-10,16-17,20-21,25,28-29,35-36H,11-15,18-19,34H2,(H,37,38);1-2H,(H,5,6)(H,7,8)/b;2-1-. The molecule has 0 spiro atoms. The summed E-state index contributed by atoms with van der Waals surface area (Å²) in [7, 11) is 0. The number of halogens is 2. The molecule has 46 heavy (non-hydrogen) atoms. The van der Waals surface area contributed by atoms with Crippen molar-refractivity contribution in [1.82, 2.24) is 5.32 Å². The van der Waals surface area contributed by atoms with E-state index in [1.54, 1.807) is 12.1 Å². The number of benzene rings is 3. The second-order valence-corrected chi connectivity index (χ2v) is 12.3. The molecule has 1 aliphatic carbocycles. The molecule has 0 heterocycles. The maximum Gasteiger partial charge on any atom is 0.328 e. The summed E-state index contributed by atoms with van der Waals surface area (Å²) in [6, 6.07) is 23.3. The Morgan fingerprint density at radius 3 is 1.67 bits per heavy atom. The van der Waals surface area contributed by atoms with Crippen LogP contribution < -0.4 is 11.1 Å². The Hall–Kier alpha value is -3.89. The molecule has 0 amide bonds. The number of nitrogens with two attached hydrogens (primary N) is 1. The Morgan fingerprint density at radius 2 is 1.24 bits per heavy atom. The topological polar surface area (TPSA) is 170 Å². The minimum absolute atomic E-state index is 0.175. The smallest absolute Gasteiger partial charge is 0.328 e. The molecule has 9 nitrogen and oxygen atoms in total. The van der Waals surface area contributed by atoms with Crippen molar-refractivity contribution in [2.24, 2.45) is 17.8 Å². The van der Waals surface area contributed by atoms with Gasteiger partial charge in [-0.2, -0.15) is 0 Å². The SMILES string of the molecule is Nc1c(Cl)cc(C(O)CNCC2CCC(CC(C(=O)O)C(c3ccccc3)c3ccccc3)CC2)cc1Cl.O=C(O)/C=C\C(=O)O. The van der Waals surface area contributed by atoms with E-state index in [4.69, 9.17) is 39.1 Å². The molecule has 3 aromatic rings. The molecular formula is C35H40Cl2N2O7. The largest absolute Gasteiger partial charge is 0.481 e. The van der Waals surface area contributed by atoms with E-state index in [2.05, 4.69) is 5.32 Å². The fourth-order valence-corrected chi connectivity index (χ4v) is 6.37. The maximum absolute atomic E-state index is 12.6. The Labute approximate surface area is 278 Å². The van der Waals surface area contributed by atoms with Crippen LogP contribution in [0.15, 0.2) is 84.9 Å². The highest BCUT2D eigenvalue weighted by Gasteiger charge is 2.34. The van der Waals surface area contributed by atoms with Crippen molar-refractivity contribution in [2.75, 3.05) is 18.8 Å². The van der Waals surface area contributed by atoms with Crippen molar-refractivity contribution in [2.45, 2.75) is 44.1 Å². The van der Waals surface area contributed by atoms with Gasteiger partial charge < -0.3 is 31.5 Å². The summed E-state index contributed by atoms with van der Waals surface area (Å²) in [4.78, 5) is 31.7. The van der Waals surface area contributed by atoms with Crippen LogP contribution in [0.3, 0.4) is 0 Å². The van der Waals surface area contributed by atoms with Crippen LogP contribution in [0.2, 0.25) is 10.0 Å². The first-order valence-corrected chi connectivity index (χ1v) is 15.8. The molecule has 2 atom stereocenters. The van der Waals surface area contributed by atoms with Gasteiger partial charge in [-0.15, -0.1) is 0 Å². The number of aliphatic carboxylic acids is 3. The molecule has 246 valence electrons. The number of carboxylic acids is 3. The number of anilines is 1. The summed E-state index contributed by atoms with van der Waals surface area (Å²) >= 11 is 12.2. The van der Waals surface area contributed by atoms with Crippen LogP contribution in [0.4, 0.5) is 5.69 Å². The number of hydrogen-bond donors (Lipinski definition) is 6. The number of carboxylic acid groups (broad SMARTS) is 3. The number of aliphatic hydroxyl groups is 1. The summed E-state index contributed by atoms with van der Waals surface area (Å²) in [5.74, 6) is -3.02. The van der Waals surface area contributed by atoms with Crippen LogP contribution in [0.1, 0.15) is 60.8 Å². The van der Waals surface area contributed by atoms with E-state index in [9.17, 15) is 24.6 Å². The lowest BCUT2D eigenvalue weighted by molar-refractivity contribution is -0.143. The highest BCUT2D eigenvalue weighted by molar-refractivity contribution is 6.38. The van der Waals surface area contributed by atoms with E-state index < -0.39 is 29.9 Å². The molecule has 0 aliphatic heterocycles. The molecule has 2 unspecified atom stereocenters. The van der Waals surface area contributed by atoms with E-state index in [0.29, 0.717) is 58.2 Å². The van der Waals surface area contributed by atoms with Crippen LogP contribution in [-0.2, 0) is 14.4 Å². The lowest BCUT2D eigenvalue weighted by Crippen LogP contribution is -2.31. The Bertz CT molecular complexity index is 1380. The van der Waals surface area contributed by atoms with E-state index in [1.165, 1.54) is 0 Å². The van der Waals surface area contributed by atoms with Gasteiger partial charge in [0.2, 0.25) is 0 Å². The number of nitrogen functional groups attached to an aromatic ring is 1. The zero-order valence-corrected chi connectivity index (χ0v) is 26.8. The van der Waals surface area contributed by atoms with E-state index in [0.717, 1.165) is 43.4 Å². The van der Waals surface area contributed by atoms with Gasteiger partial charge in [-0.05, 0) is 66.5 Å². The van der Waals surface area contributed by atoms with Gasteiger partial charge in [0, 0.05) is 24.6 Å². The van der Waals surface area contributed by atoms with Crippen molar-refractivity contribution < 1.29 is 34.8 Å². The molecule has 11 heteroatoms. The number of hydrogen-bond acceptors (Lipinski definition) is 6. The van der Waals surface area contributed by atoms with Crippen molar-refractivity contribution in [3.05, 3.63) is 112 Å². The van der Waals surface area contributed by atoms with Crippen LogP contribution in [0.25, 0.3) is 0 Å². The fourth-order valence-electron chi connectivity index (χ4n) is 5.87. The van der Waals surface area contributed by atoms with Gasteiger partial charge in [-0.1, -0.05) is 96.7 Å². The third-order valence-electron chi connectivity index (χ3n) is 8.22. The summed E-state index contributed by atoms with van der Waals surface area (Å²) in [5, 5.41) is 40.5. The van der Waals surface area contributed by atoms with Gasteiger partial charge in [-0.3, -0.25) is 4.79 Å². The lowest BCUT2D eigenvalue weighted by Gasteiger charge is -2.33. The number of carbonyl (C=O) groups is 3. The monoisotopic (exact) mass is 670 g/mol. The van der Waals surface area contributed by atoms with Gasteiger partial charge in [0.05, 0.1) is 27.8 Å². The number of nitrogens with one attached hydrogen (secondary N) is 1. The summed E-state index contributed by atoms with van der Waals surface area (Å²) < 4.78 is 0. The molecule has 3 aromatic carbocycles. The van der Waals surface area contributed by atoms with Crippen LogP contribution in [0, 0.1) is 17.8 Å². The quantitative estimate of drug-likeness (QED) is 0.0861. The second kappa shape index (κ2) is 18.3. The number of aliphatic hydroxyl groups excluding tert-OH is 1. The molecule has 1 saturated carbocycles. The zero-order chi connectivity index (χ0) is 33.6. The molecule has 1 fully saturated rings. The van der Waals surface area contributed by atoms with Crippen LogP contribution >= 0.6 is 23.2 Å². The molecule has 0 aromatic heterocycles.